The van der Waals surface area contributed by atoms with E-state index in [0.717, 1.165) is 19.6 Å². The molecule has 0 spiro atoms. The standard InChI is InChI=1S/C11H21N3O2S/c1-3-14(4-2)7-6-13-11(9-12)5-8-17(15,16)10-11/h13H,3-8,10H2,1-2H3. The second-order valence-corrected chi connectivity index (χ2v) is 6.67. The van der Waals surface area contributed by atoms with Gasteiger partial charge in [-0.25, -0.2) is 8.42 Å². The fraction of sp³-hybridized carbons (Fsp3) is 0.909. The van der Waals surface area contributed by atoms with Crippen LogP contribution in [0.15, 0.2) is 0 Å². The van der Waals surface area contributed by atoms with E-state index >= 15 is 0 Å². The molecule has 0 aromatic heterocycles. The first-order chi connectivity index (χ1) is 7.97. The van der Waals surface area contributed by atoms with Crippen LogP contribution in [-0.4, -0.2) is 56.5 Å². The van der Waals surface area contributed by atoms with Crippen molar-refractivity contribution < 1.29 is 8.42 Å². The molecule has 98 valence electrons. The molecule has 1 aliphatic rings. The maximum absolute atomic E-state index is 11.4. The van der Waals surface area contributed by atoms with E-state index in [1.54, 1.807) is 0 Å². The molecule has 0 bridgehead atoms. The lowest BCUT2D eigenvalue weighted by Gasteiger charge is -2.24. The van der Waals surface area contributed by atoms with E-state index in [9.17, 15) is 8.42 Å². The molecule has 0 amide bonds. The number of nitriles is 1. The van der Waals surface area contributed by atoms with Crippen molar-refractivity contribution in [2.75, 3.05) is 37.7 Å². The first-order valence-corrected chi connectivity index (χ1v) is 7.88. The summed E-state index contributed by atoms with van der Waals surface area (Å²) >= 11 is 0. The van der Waals surface area contributed by atoms with Crippen LogP contribution in [0, 0.1) is 11.3 Å². The molecular formula is C11H21N3O2S. The molecule has 1 saturated heterocycles. The lowest BCUT2D eigenvalue weighted by atomic mass is 10.0. The third-order valence-corrected chi connectivity index (χ3v) is 5.06. The number of sulfone groups is 1. The average molecular weight is 259 g/mol. The van der Waals surface area contributed by atoms with E-state index in [1.807, 2.05) is 0 Å². The molecule has 0 aromatic carbocycles. The third kappa shape index (κ3) is 3.95. The Morgan fingerprint density at radius 2 is 2.06 bits per heavy atom. The van der Waals surface area contributed by atoms with Gasteiger partial charge < -0.3 is 4.90 Å². The minimum Gasteiger partial charge on any atom is -0.303 e. The zero-order valence-corrected chi connectivity index (χ0v) is 11.4. The van der Waals surface area contributed by atoms with E-state index in [2.05, 4.69) is 30.1 Å². The lowest BCUT2D eigenvalue weighted by molar-refractivity contribution is 0.290. The van der Waals surface area contributed by atoms with E-state index in [4.69, 9.17) is 5.26 Å². The van der Waals surface area contributed by atoms with Crippen molar-refractivity contribution in [1.82, 2.24) is 10.2 Å². The van der Waals surface area contributed by atoms with E-state index in [0.29, 0.717) is 13.0 Å². The zero-order valence-electron chi connectivity index (χ0n) is 10.6. The molecular weight excluding hydrogens is 238 g/mol. The quantitative estimate of drug-likeness (QED) is 0.727. The van der Waals surface area contributed by atoms with Gasteiger partial charge in [-0.15, -0.1) is 0 Å². The Hall–Kier alpha value is -0.640. The van der Waals surface area contributed by atoms with Gasteiger partial charge in [0, 0.05) is 13.1 Å². The molecule has 0 aromatic rings. The molecule has 1 fully saturated rings. The maximum atomic E-state index is 11.4. The van der Waals surface area contributed by atoms with Crippen LogP contribution in [0.3, 0.4) is 0 Å². The summed E-state index contributed by atoms with van der Waals surface area (Å²) in [5, 5.41) is 12.3. The SMILES string of the molecule is CCN(CC)CCNC1(C#N)CCS(=O)(=O)C1. The van der Waals surface area contributed by atoms with Crippen molar-refractivity contribution in [3.8, 4) is 6.07 Å². The Labute approximate surface area is 104 Å². The van der Waals surface area contributed by atoms with Crippen molar-refractivity contribution in [1.29, 1.82) is 5.26 Å². The highest BCUT2D eigenvalue weighted by Gasteiger charge is 2.42. The van der Waals surface area contributed by atoms with E-state index in [1.165, 1.54) is 0 Å². The highest BCUT2D eigenvalue weighted by atomic mass is 32.2. The largest absolute Gasteiger partial charge is 0.303 e. The van der Waals surface area contributed by atoms with E-state index < -0.39 is 15.4 Å². The van der Waals surface area contributed by atoms with Gasteiger partial charge in [0.15, 0.2) is 9.84 Å². The predicted molar refractivity (Wildman–Crippen MR) is 67.4 cm³/mol. The smallest absolute Gasteiger partial charge is 0.153 e. The monoisotopic (exact) mass is 259 g/mol. The number of hydrogen-bond acceptors (Lipinski definition) is 5. The number of hydrogen-bond donors (Lipinski definition) is 1. The summed E-state index contributed by atoms with van der Waals surface area (Å²) in [5.74, 6) is 0.0770. The van der Waals surface area contributed by atoms with Gasteiger partial charge in [0.05, 0.1) is 17.6 Å². The van der Waals surface area contributed by atoms with Crippen LogP contribution in [0.1, 0.15) is 20.3 Å². The maximum Gasteiger partial charge on any atom is 0.153 e. The lowest BCUT2D eigenvalue weighted by Crippen LogP contribution is -2.48. The second-order valence-electron chi connectivity index (χ2n) is 4.49. The molecule has 1 aliphatic heterocycles. The third-order valence-electron chi connectivity index (χ3n) is 3.31. The molecule has 1 rings (SSSR count). The molecule has 5 nitrogen and oxygen atoms in total. The van der Waals surface area contributed by atoms with Gasteiger partial charge in [0.2, 0.25) is 0 Å². The molecule has 6 heteroatoms. The van der Waals surface area contributed by atoms with Crippen LogP contribution >= 0.6 is 0 Å². The Morgan fingerprint density at radius 1 is 1.41 bits per heavy atom. The van der Waals surface area contributed by atoms with E-state index in [-0.39, 0.29) is 11.5 Å². The fourth-order valence-electron chi connectivity index (χ4n) is 2.11. The average Bonchev–Trinajstić information content (AvgIpc) is 2.61. The molecule has 0 radical (unpaired) electrons. The summed E-state index contributed by atoms with van der Waals surface area (Å²) in [4.78, 5) is 2.24. The Balaban J connectivity index is 2.47. The topological polar surface area (TPSA) is 73.2 Å². The Kier molecular flexibility index (Phi) is 4.92. The number of nitrogens with one attached hydrogen (secondary N) is 1. The molecule has 1 unspecified atom stereocenters. The molecule has 0 aliphatic carbocycles. The van der Waals surface area contributed by atoms with Crippen LogP contribution < -0.4 is 5.32 Å². The van der Waals surface area contributed by atoms with Crippen LogP contribution in [0.25, 0.3) is 0 Å². The molecule has 0 saturated carbocycles. The Morgan fingerprint density at radius 3 is 2.47 bits per heavy atom. The number of likely N-dealkylation sites (N-methyl/N-ethyl adjacent to an activating group) is 1. The second kappa shape index (κ2) is 5.80. The number of nitrogens with zero attached hydrogens (tertiary/aromatic N) is 2. The van der Waals surface area contributed by atoms with Crippen molar-refractivity contribution in [3.05, 3.63) is 0 Å². The van der Waals surface area contributed by atoms with Crippen molar-refractivity contribution >= 4 is 9.84 Å². The zero-order chi connectivity index (χ0) is 12.9. The minimum atomic E-state index is -3.03. The van der Waals surface area contributed by atoms with Crippen LogP contribution in [-0.2, 0) is 9.84 Å². The van der Waals surface area contributed by atoms with Gasteiger partial charge in [-0.3, -0.25) is 5.32 Å². The molecule has 1 N–H and O–H groups in total. The summed E-state index contributed by atoms with van der Waals surface area (Å²) in [5.41, 5.74) is -0.855. The van der Waals surface area contributed by atoms with Crippen molar-refractivity contribution in [2.24, 2.45) is 0 Å². The van der Waals surface area contributed by atoms with Gasteiger partial charge in [0.1, 0.15) is 5.54 Å². The summed E-state index contributed by atoms with van der Waals surface area (Å²) in [6.07, 6.45) is 0.407. The molecule has 1 atom stereocenters. The summed E-state index contributed by atoms with van der Waals surface area (Å²) < 4.78 is 22.8. The van der Waals surface area contributed by atoms with Crippen LogP contribution in [0.2, 0.25) is 0 Å². The summed E-state index contributed by atoms with van der Waals surface area (Å²) in [7, 11) is -3.03. The van der Waals surface area contributed by atoms with Crippen molar-refractivity contribution in [2.45, 2.75) is 25.8 Å². The predicted octanol–water partition coefficient (Wildman–Crippen LogP) is -0.00132. The fourth-order valence-corrected chi connectivity index (χ4v) is 3.98. The van der Waals surface area contributed by atoms with Crippen molar-refractivity contribution in [3.63, 3.8) is 0 Å². The van der Waals surface area contributed by atoms with Gasteiger partial charge in [-0.2, -0.15) is 5.26 Å². The normalized spacial score (nSPS) is 27.2. The molecule has 1 heterocycles. The van der Waals surface area contributed by atoms with Crippen LogP contribution in [0.4, 0.5) is 0 Å². The number of rotatable bonds is 6. The Bertz CT molecular complexity index is 384. The van der Waals surface area contributed by atoms with Gasteiger partial charge in [-0.05, 0) is 19.5 Å². The summed E-state index contributed by atoms with van der Waals surface area (Å²) in [6, 6.07) is 2.13. The molecule has 17 heavy (non-hydrogen) atoms. The highest BCUT2D eigenvalue weighted by molar-refractivity contribution is 7.91. The highest BCUT2D eigenvalue weighted by Crippen LogP contribution is 2.22. The van der Waals surface area contributed by atoms with Gasteiger partial charge >= 0.3 is 0 Å². The minimum absolute atomic E-state index is 0.0469. The summed E-state index contributed by atoms with van der Waals surface area (Å²) in [6.45, 7) is 7.61. The van der Waals surface area contributed by atoms with Gasteiger partial charge in [0.25, 0.3) is 0 Å². The van der Waals surface area contributed by atoms with Crippen LogP contribution in [0.5, 0.6) is 0 Å². The van der Waals surface area contributed by atoms with Gasteiger partial charge in [-0.1, -0.05) is 13.8 Å². The first kappa shape index (κ1) is 14.4. The first-order valence-electron chi connectivity index (χ1n) is 6.06.